The maximum atomic E-state index is 2.44. The summed E-state index contributed by atoms with van der Waals surface area (Å²) in [6.45, 7) is 6.86. The third kappa shape index (κ3) is 2.64. The van der Waals surface area contributed by atoms with Gasteiger partial charge in [0.05, 0.1) is 0 Å². The molecule has 0 atom stereocenters. The Kier molecular flexibility index (Phi) is 4.52. The fraction of sp³-hybridized carbons (Fsp3) is 0.200. The Balaban J connectivity index is 1.95. The van der Waals surface area contributed by atoms with Crippen molar-refractivity contribution in [3.8, 4) is 11.1 Å². The molecule has 130 valence electrons. The summed E-state index contributed by atoms with van der Waals surface area (Å²) >= 11 is 2.44. The summed E-state index contributed by atoms with van der Waals surface area (Å²) in [5, 5.41) is 2.62. The Morgan fingerprint density at radius 2 is 1.69 bits per heavy atom. The van der Waals surface area contributed by atoms with Gasteiger partial charge in [-0.3, -0.25) is 0 Å². The number of rotatable bonds is 2. The molecule has 0 aliphatic heterocycles. The number of hydrogen-bond donors (Lipinski definition) is 0. The second-order valence-electron chi connectivity index (χ2n) is 7.39. The smallest absolute Gasteiger partial charge is 0.0182 e. The molecule has 0 amide bonds. The molecule has 26 heavy (non-hydrogen) atoms. The topological polar surface area (TPSA) is 0 Å². The third-order valence-corrected chi connectivity index (χ3v) is 6.06. The van der Waals surface area contributed by atoms with Crippen LogP contribution in [0.4, 0.5) is 0 Å². The van der Waals surface area contributed by atoms with Crippen LogP contribution in [0, 0.1) is 0 Å². The Bertz CT molecular complexity index is 1050. The second kappa shape index (κ2) is 6.70. The normalized spacial score (nSPS) is 18.6. The van der Waals surface area contributed by atoms with Crippen LogP contribution in [0.25, 0.3) is 27.5 Å². The molecule has 1 aliphatic rings. The molecule has 3 aromatic carbocycles. The minimum atomic E-state index is 0.0446. The highest BCUT2D eigenvalue weighted by Crippen LogP contribution is 2.50. The summed E-state index contributed by atoms with van der Waals surface area (Å²) in [5.74, 6) is 0. The average molecular weight is 450 g/mol. The first-order chi connectivity index (χ1) is 12.6. The van der Waals surface area contributed by atoms with Crippen LogP contribution in [0.15, 0.2) is 78.4 Å². The summed E-state index contributed by atoms with van der Waals surface area (Å²) in [5.41, 5.74) is 8.34. The van der Waals surface area contributed by atoms with Crippen LogP contribution >= 0.6 is 22.6 Å². The van der Waals surface area contributed by atoms with Gasteiger partial charge < -0.3 is 0 Å². The molecule has 0 nitrogen and oxygen atoms in total. The first-order valence-corrected chi connectivity index (χ1v) is 10.7. The molecule has 1 aliphatic carbocycles. The monoisotopic (exact) mass is 450 g/mol. The van der Waals surface area contributed by atoms with Gasteiger partial charge in [0.15, 0.2) is 0 Å². The standard InChI is InChI=1S/C25H23I/c1-4-19-22-13-12-18(16-24(22)25(2,3)23(19)14-15-26)21-11-7-9-17-8-5-6-10-20(17)21/h4-14,16H,15H2,1-3H3/b19-4-,23-14+. The zero-order valence-electron chi connectivity index (χ0n) is 15.5. The van der Waals surface area contributed by atoms with Gasteiger partial charge in [-0.2, -0.15) is 0 Å². The molecule has 0 N–H and O–H groups in total. The van der Waals surface area contributed by atoms with E-state index in [2.05, 4.69) is 116 Å². The summed E-state index contributed by atoms with van der Waals surface area (Å²) in [7, 11) is 0. The largest absolute Gasteiger partial charge is 0.0818 e. The van der Waals surface area contributed by atoms with Crippen molar-refractivity contribution >= 4 is 38.9 Å². The molecule has 0 heterocycles. The van der Waals surface area contributed by atoms with Crippen molar-refractivity contribution in [1.82, 2.24) is 0 Å². The predicted octanol–water partition coefficient (Wildman–Crippen LogP) is 7.56. The predicted molar refractivity (Wildman–Crippen MR) is 123 cm³/mol. The summed E-state index contributed by atoms with van der Waals surface area (Å²) in [6, 6.07) is 22.3. The van der Waals surface area contributed by atoms with Crippen molar-refractivity contribution in [3.63, 3.8) is 0 Å². The molecule has 0 aromatic heterocycles. The molecule has 0 fully saturated rings. The van der Waals surface area contributed by atoms with Crippen molar-refractivity contribution in [1.29, 1.82) is 0 Å². The fourth-order valence-corrected chi connectivity index (χ4v) is 4.76. The van der Waals surface area contributed by atoms with E-state index in [1.54, 1.807) is 0 Å². The van der Waals surface area contributed by atoms with E-state index in [4.69, 9.17) is 0 Å². The number of allylic oxidation sites excluding steroid dienone is 4. The maximum absolute atomic E-state index is 2.44. The highest BCUT2D eigenvalue weighted by molar-refractivity contribution is 14.1. The third-order valence-electron chi connectivity index (χ3n) is 5.62. The Morgan fingerprint density at radius 3 is 2.46 bits per heavy atom. The van der Waals surface area contributed by atoms with E-state index in [0.29, 0.717) is 0 Å². The minimum Gasteiger partial charge on any atom is -0.0818 e. The quantitative estimate of drug-likeness (QED) is 0.279. The molecule has 0 unspecified atom stereocenters. The lowest BCUT2D eigenvalue weighted by atomic mass is 9.81. The van der Waals surface area contributed by atoms with Crippen molar-refractivity contribution in [3.05, 3.63) is 89.5 Å². The van der Waals surface area contributed by atoms with Crippen LogP contribution in [0.1, 0.15) is 31.9 Å². The van der Waals surface area contributed by atoms with Gasteiger partial charge in [-0.05, 0) is 57.2 Å². The molecule has 0 bridgehead atoms. The lowest BCUT2D eigenvalue weighted by Crippen LogP contribution is -2.15. The van der Waals surface area contributed by atoms with Gasteiger partial charge in [0.2, 0.25) is 0 Å². The van der Waals surface area contributed by atoms with Crippen LogP contribution in [-0.4, -0.2) is 4.43 Å². The zero-order chi connectivity index (χ0) is 18.3. The van der Waals surface area contributed by atoms with E-state index in [1.807, 2.05) is 0 Å². The van der Waals surface area contributed by atoms with Crippen LogP contribution in [0.3, 0.4) is 0 Å². The van der Waals surface area contributed by atoms with Crippen molar-refractivity contribution in [2.75, 3.05) is 4.43 Å². The van der Waals surface area contributed by atoms with Crippen LogP contribution in [0.5, 0.6) is 0 Å². The van der Waals surface area contributed by atoms with Gasteiger partial charge >= 0.3 is 0 Å². The van der Waals surface area contributed by atoms with E-state index in [-0.39, 0.29) is 5.41 Å². The maximum Gasteiger partial charge on any atom is 0.0182 e. The van der Waals surface area contributed by atoms with Gasteiger partial charge in [0.25, 0.3) is 0 Å². The molecular formula is C25H23I. The molecule has 0 spiro atoms. The van der Waals surface area contributed by atoms with E-state index in [0.717, 1.165) is 4.43 Å². The molecular weight excluding hydrogens is 427 g/mol. The lowest BCUT2D eigenvalue weighted by Gasteiger charge is -2.22. The molecule has 4 rings (SSSR count). The highest BCUT2D eigenvalue weighted by atomic mass is 127. The molecule has 3 aromatic rings. The highest BCUT2D eigenvalue weighted by Gasteiger charge is 2.37. The van der Waals surface area contributed by atoms with Gasteiger partial charge in [0.1, 0.15) is 0 Å². The zero-order valence-corrected chi connectivity index (χ0v) is 17.7. The summed E-state index contributed by atoms with van der Waals surface area (Å²) in [4.78, 5) is 0. The SMILES string of the molecule is C/C=C1\C(=C/CI)C(C)(C)c2cc(-c3cccc4ccccc34)ccc21. The van der Waals surface area contributed by atoms with Crippen LogP contribution in [-0.2, 0) is 5.41 Å². The summed E-state index contributed by atoms with van der Waals surface area (Å²) in [6.07, 6.45) is 4.65. The van der Waals surface area contributed by atoms with E-state index in [9.17, 15) is 0 Å². The van der Waals surface area contributed by atoms with E-state index >= 15 is 0 Å². The number of fused-ring (bicyclic) bond motifs is 2. The Morgan fingerprint density at radius 1 is 0.923 bits per heavy atom. The van der Waals surface area contributed by atoms with Gasteiger partial charge in [-0.1, -0.05) is 103 Å². The van der Waals surface area contributed by atoms with Gasteiger partial charge in [-0.15, -0.1) is 0 Å². The van der Waals surface area contributed by atoms with Crippen LogP contribution < -0.4 is 0 Å². The average Bonchev–Trinajstić information content (AvgIpc) is 2.88. The molecule has 0 saturated carbocycles. The molecule has 0 radical (unpaired) electrons. The van der Waals surface area contributed by atoms with E-state index in [1.165, 1.54) is 44.2 Å². The van der Waals surface area contributed by atoms with Crippen LogP contribution in [0.2, 0.25) is 0 Å². The molecule has 0 saturated heterocycles. The van der Waals surface area contributed by atoms with Gasteiger partial charge in [0, 0.05) is 9.84 Å². The van der Waals surface area contributed by atoms with Crippen molar-refractivity contribution in [2.45, 2.75) is 26.2 Å². The number of halogens is 1. The first-order valence-electron chi connectivity index (χ1n) is 9.14. The fourth-order valence-electron chi connectivity index (χ4n) is 4.32. The molecule has 1 heteroatoms. The van der Waals surface area contributed by atoms with E-state index < -0.39 is 0 Å². The number of hydrogen-bond acceptors (Lipinski definition) is 0. The van der Waals surface area contributed by atoms with Crippen molar-refractivity contribution in [2.24, 2.45) is 0 Å². The minimum absolute atomic E-state index is 0.0446. The van der Waals surface area contributed by atoms with Crippen molar-refractivity contribution < 1.29 is 0 Å². The summed E-state index contributed by atoms with van der Waals surface area (Å²) < 4.78 is 1.04. The lowest BCUT2D eigenvalue weighted by molar-refractivity contribution is 0.660. The number of alkyl halides is 1. The first kappa shape index (κ1) is 17.5. The number of benzene rings is 3. The second-order valence-corrected chi connectivity index (χ2v) is 8.27. The van der Waals surface area contributed by atoms with Gasteiger partial charge in [-0.25, -0.2) is 0 Å². The Hall–Kier alpha value is -1.87. The Labute approximate surface area is 169 Å².